The summed E-state index contributed by atoms with van der Waals surface area (Å²) in [6.07, 6.45) is -3.40. The third-order valence-corrected chi connectivity index (χ3v) is 4.99. The van der Waals surface area contributed by atoms with E-state index in [9.17, 15) is 27.6 Å². The van der Waals surface area contributed by atoms with Crippen LogP contribution in [0.25, 0.3) is 5.65 Å². The van der Waals surface area contributed by atoms with Crippen LogP contribution in [0.4, 0.5) is 24.5 Å². The molecule has 0 saturated carbocycles. The molecule has 0 spiro atoms. The van der Waals surface area contributed by atoms with Crippen molar-refractivity contribution in [2.45, 2.75) is 12.7 Å². The van der Waals surface area contributed by atoms with Gasteiger partial charge in [0.2, 0.25) is 5.91 Å². The predicted molar refractivity (Wildman–Crippen MR) is 120 cm³/mol. The van der Waals surface area contributed by atoms with Crippen LogP contribution in [-0.4, -0.2) is 33.1 Å². The highest BCUT2D eigenvalue weighted by Crippen LogP contribution is 2.34. The highest BCUT2D eigenvalue weighted by molar-refractivity contribution is 6.04. The van der Waals surface area contributed by atoms with E-state index < -0.39 is 41.5 Å². The molecule has 2 N–H and O–H groups in total. The number of nitrogens with zero attached hydrogens (tertiary/aromatic N) is 3. The lowest BCUT2D eigenvalue weighted by Gasteiger charge is -2.13. The number of hydrogen-bond donors (Lipinski definition) is 2. The molecule has 0 aliphatic carbocycles. The summed E-state index contributed by atoms with van der Waals surface area (Å²) in [5.74, 6) is -0.739. The van der Waals surface area contributed by atoms with Crippen molar-refractivity contribution in [3.05, 3.63) is 88.5 Å². The highest BCUT2D eigenvalue weighted by atomic mass is 19.4. The number of para-hydroxylation sites is 1. The van der Waals surface area contributed by atoms with E-state index in [4.69, 9.17) is 4.74 Å². The number of ether oxygens (including phenoxy) is 1. The second kappa shape index (κ2) is 9.33. The Bertz CT molecular complexity index is 1460. The number of carbonyl (C=O) groups excluding carboxylic acids is 2. The van der Waals surface area contributed by atoms with Gasteiger partial charge in [-0.15, -0.1) is 5.10 Å². The van der Waals surface area contributed by atoms with Gasteiger partial charge >= 0.3 is 11.9 Å². The predicted octanol–water partition coefficient (Wildman–Crippen LogP) is 3.41. The molecule has 35 heavy (non-hydrogen) atoms. The van der Waals surface area contributed by atoms with Gasteiger partial charge in [0.1, 0.15) is 12.3 Å². The monoisotopic (exact) mass is 485 g/mol. The van der Waals surface area contributed by atoms with Crippen molar-refractivity contribution in [3.8, 4) is 5.75 Å². The largest absolute Gasteiger partial charge is 0.497 e. The summed E-state index contributed by atoms with van der Waals surface area (Å²) in [6, 6.07) is 14.0. The minimum atomic E-state index is -4.66. The second-order valence-electron chi connectivity index (χ2n) is 7.36. The first-order chi connectivity index (χ1) is 16.7. The summed E-state index contributed by atoms with van der Waals surface area (Å²) in [5.41, 5.74) is -1.37. The molecule has 0 aliphatic heterocycles. The number of hydrogen-bond acceptors (Lipinski definition) is 5. The molecule has 0 aliphatic rings. The van der Waals surface area contributed by atoms with Crippen LogP contribution in [0.3, 0.4) is 0 Å². The van der Waals surface area contributed by atoms with E-state index in [1.807, 2.05) is 0 Å². The zero-order chi connectivity index (χ0) is 25.2. The van der Waals surface area contributed by atoms with E-state index in [1.165, 1.54) is 37.6 Å². The summed E-state index contributed by atoms with van der Waals surface area (Å²) in [5, 5.41) is 8.85. The molecule has 180 valence electrons. The van der Waals surface area contributed by atoms with Gasteiger partial charge in [0, 0.05) is 11.9 Å². The van der Waals surface area contributed by atoms with E-state index >= 15 is 0 Å². The number of carbonyl (C=O) groups is 2. The molecule has 2 aromatic carbocycles. The van der Waals surface area contributed by atoms with Crippen molar-refractivity contribution in [1.82, 2.24) is 14.2 Å². The first-order valence-electron chi connectivity index (χ1n) is 10.2. The topological polar surface area (TPSA) is 107 Å². The van der Waals surface area contributed by atoms with Gasteiger partial charge in [-0.1, -0.05) is 12.1 Å². The van der Waals surface area contributed by atoms with Crippen molar-refractivity contribution < 1.29 is 27.5 Å². The van der Waals surface area contributed by atoms with Crippen LogP contribution in [0.1, 0.15) is 15.9 Å². The average molecular weight is 485 g/mol. The van der Waals surface area contributed by atoms with Crippen LogP contribution in [0.5, 0.6) is 5.75 Å². The Morgan fingerprint density at radius 3 is 2.40 bits per heavy atom. The Morgan fingerprint density at radius 1 is 1.00 bits per heavy atom. The first kappa shape index (κ1) is 23.5. The lowest BCUT2D eigenvalue weighted by molar-refractivity contribution is -0.137. The second-order valence-corrected chi connectivity index (χ2v) is 7.36. The van der Waals surface area contributed by atoms with Crippen LogP contribution >= 0.6 is 0 Å². The molecule has 0 unspecified atom stereocenters. The van der Waals surface area contributed by atoms with Crippen LogP contribution < -0.4 is 21.1 Å². The van der Waals surface area contributed by atoms with Crippen LogP contribution in [-0.2, 0) is 17.5 Å². The van der Waals surface area contributed by atoms with Gasteiger partial charge in [-0.3, -0.25) is 9.59 Å². The molecule has 2 aromatic heterocycles. The average Bonchev–Trinajstić information content (AvgIpc) is 3.13. The van der Waals surface area contributed by atoms with Crippen molar-refractivity contribution in [2.75, 3.05) is 17.7 Å². The number of benzene rings is 2. The lowest BCUT2D eigenvalue weighted by atomic mass is 10.1. The maximum absolute atomic E-state index is 13.1. The van der Waals surface area contributed by atoms with Gasteiger partial charge in [0.25, 0.3) is 5.91 Å². The van der Waals surface area contributed by atoms with Gasteiger partial charge in [-0.05, 0) is 48.5 Å². The van der Waals surface area contributed by atoms with Crippen LogP contribution in [0, 0.1) is 0 Å². The Labute approximate surface area is 195 Å². The van der Waals surface area contributed by atoms with Gasteiger partial charge in [-0.2, -0.15) is 13.2 Å². The molecule has 4 rings (SSSR count). The number of halogens is 3. The lowest BCUT2D eigenvalue weighted by Crippen LogP contribution is -2.29. The van der Waals surface area contributed by atoms with Gasteiger partial charge < -0.3 is 15.4 Å². The number of rotatable bonds is 6. The summed E-state index contributed by atoms with van der Waals surface area (Å²) < 4.78 is 46.4. The van der Waals surface area contributed by atoms with Crippen LogP contribution in [0.2, 0.25) is 0 Å². The summed E-state index contributed by atoms with van der Waals surface area (Å²) in [4.78, 5) is 37.6. The molecule has 0 radical (unpaired) electrons. The zero-order valence-corrected chi connectivity index (χ0v) is 18.2. The van der Waals surface area contributed by atoms with E-state index in [0.717, 1.165) is 21.2 Å². The molecule has 0 saturated heterocycles. The number of alkyl halides is 3. The number of aromatic nitrogens is 3. The number of nitrogens with one attached hydrogen (secondary N) is 2. The Hall–Kier alpha value is -4.61. The number of methoxy groups -OCH3 is 1. The third-order valence-electron chi connectivity index (χ3n) is 4.99. The van der Waals surface area contributed by atoms with Gasteiger partial charge in [0.15, 0.2) is 5.65 Å². The number of anilines is 2. The fourth-order valence-corrected chi connectivity index (χ4v) is 3.30. The smallest absolute Gasteiger partial charge is 0.418 e. The standard InChI is InChI=1S/C23H18F3N5O4/c1-35-16-9-7-15(8-10-16)27-21(33)14-6-11-19-29-31(22(34)30(19)12-14)13-20(32)28-18-5-3-2-4-17(18)23(24,25)26/h2-12H,13H2,1H3,(H,27,33)(H,28,32). The van der Waals surface area contributed by atoms with E-state index in [2.05, 4.69) is 15.7 Å². The van der Waals surface area contributed by atoms with Crippen molar-refractivity contribution in [3.63, 3.8) is 0 Å². The Morgan fingerprint density at radius 2 is 1.71 bits per heavy atom. The summed E-state index contributed by atoms with van der Waals surface area (Å²) in [7, 11) is 1.52. The third kappa shape index (κ3) is 5.16. The molecule has 2 amide bonds. The van der Waals surface area contributed by atoms with Crippen molar-refractivity contribution in [2.24, 2.45) is 0 Å². The fourth-order valence-electron chi connectivity index (χ4n) is 3.30. The number of fused-ring (bicyclic) bond motifs is 1. The van der Waals surface area contributed by atoms with E-state index in [0.29, 0.717) is 11.4 Å². The molecular formula is C23H18F3N5O4. The Balaban J connectivity index is 1.51. The molecule has 0 atom stereocenters. The molecule has 9 nitrogen and oxygen atoms in total. The van der Waals surface area contributed by atoms with E-state index in [1.54, 1.807) is 24.3 Å². The molecule has 12 heteroatoms. The minimum absolute atomic E-state index is 0.151. The SMILES string of the molecule is COc1ccc(NC(=O)c2ccc3nn(CC(=O)Nc4ccccc4C(F)(F)F)c(=O)n3c2)cc1. The highest BCUT2D eigenvalue weighted by Gasteiger charge is 2.33. The minimum Gasteiger partial charge on any atom is -0.497 e. The normalized spacial score (nSPS) is 11.3. The molecule has 4 aromatic rings. The van der Waals surface area contributed by atoms with Gasteiger partial charge in [0.05, 0.1) is 23.9 Å². The van der Waals surface area contributed by atoms with Crippen molar-refractivity contribution in [1.29, 1.82) is 0 Å². The molecular weight excluding hydrogens is 467 g/mol. The number of pyridine rings is 1. The fraction of sp³-hybridized carbons (Fsp3) is 0.130. The summed E-state index contributed by atoms with van der Waals surface area (Å²) in [6.45, 7) is -0.625. The number of amides is 2. The van der Waals surface area contributed by atoms with E-state index in [-0.39, 0.29) is 11.2 Å². The quantitative estimate of drug-likeness (QED) is 0.435. The van der Waals surface area contributed by atoms with Gasteiger partial charge in [-0.25, -0.2) is 13.9 Å². The Kier molecular flexibility index (Phi) is 6.28. The molecule has 0 bridgehead atoms. The molecule has 0 fully saturated rings. The zero-order valence-electron chi connectivity index (χ0n) is 18.2. The molecule has 2 heterocycles. The maximum Gasteiger partial charge on any atom is 0.418 e. The maximum atomic E-state index is 13.1. The van der Waals surface area contributed by atoms with Crippen molar-refractivity contribution >= 4 is 28.8 Å². The van der Waals surface area contributed by atoms with Crippen LogP contribution in [0.15, 0.2) is 71.7 Å². The first-order valence-corrected chi connectivity index (χ1v) is 10.2. The summed E-state index contributed by atoms with van der Waals surface area (Å²) >= 11 is 0.